The van der Waals surface area contributed by atoms with Crippen LogP contribution in [0.15, 0.2) is 36.4 Å². The molecule has 6 nitrogen and oxygen atoms in total. The lowest BCUT2D eigenvalue weighted by Gasteiger charge is -2.26. The van der Waals surface area contributed by atoms with Crippen LogP contribution >= 0.6 is 11.6 Å². The lowest BCUT2D eigenvalue weighted by molar-refractivity contribution is -0.126. The van der Waals surface area contributed by atoms with Gasteiger partial charge in [0, 0.05) is 19.0 Å². The molecule has 3 heterocycles. The number of benzene rings is 2. The van der Waals surface area contributed by atoms with Crippen LogP contribution in [0.5, 0.6) is 23.0 Å². The number of rotatable bonds is 3. The Morgan fingerprint density at radius 1 is 0.935 bits per heavy atom. The van der Waals surface area contributed by atoms with Gasteiger partial charge in [0.05, 0.1) is 24.3 Å². The van der Waals surface area contributed by atoms with Crippen molar-refractivity contribution in [2.45, 2.75) is 25.3 Å². The molecule has 1 unspecified atom stereocenters. The molecule has 0 bridgehead atoms. The first kappa shape index (κ1) is 20.1. The number of carbonyl (C=O) groups excluding carboxylic acids is 1. The van der Waals surface area contributed by atoms with Gasteiger partial charge in [0.1, 0.15) is 13.2 Å². The number of carbonyl (C=O) groups is 1. The lowest BCUT2D eigenvalue weighted by Crippen LogP contribution is -2.29. The molecule has 162 valence electrons. The summed E-state index contributed by atoms with van der Waals surface area (Å²) in [5, 5.41) is 0.488. The first-order valence-corrected chi connectivity index (χ1v) is 11.0. The molecule has 0 N–H and O–H groups in total. The average molecular weight is 442 g/mol. The average Bonchev–Trinajstić information content (AvgIpc) is 3.16. The van der Waals surface area contributed by atoms with Crippen LogP contribution in [0.25, 0.3) is 6.08 Å². The smallest absolute Gasteiger partial charge is 0.247 e. The molecule has 1 atom stereocenters. The van der Waals surface area contributed by atoms with Crippen molar-refractivity contribution >= 4 is 23.6 Å². The number of hydrogen-bond acceptors (Lipinski definition) is 5. The van der Waals surface area contributed by atoms with Gasteiger partial charge in [-0.3, -0.25) is 4.79 Å². The van der Waals surface area contributed by atoms with Gasteiger partial charge in [-0.2, -0.15) is 0 Å². The van der Waals surface area contributed by atoms with E-state index in [4.69, 9.17) is 30.5 Å². The summed E-state index contributed by atoms with van der Waals surface area (Å²) in [6, 6.07) is 9.63. The summed E-state index contributed by atoms with van der Waals surface area (Å²) in [7, 11) is 0. The number of halogens is 1. The van der Waals surface area contributed by atoms with Gasteiger partial charge in [0.15, 0.2) is 23.0 Å². The Labute approximate surface area is 186 Å². The highest BCUT2D eigenvalue weighted by atomic mass is 35.5. The number of likely N-dealkylation sites (tertiary alicyclic amines) is 1. The van der Waals surface area contributed by atoms with E-state index in [1.165, 1.54) is 0 Å². The van der Waals surface area contributed by atoms with Crippen molar-refractivity contribution < 1.29 is 23.7 Å². The van der Waals surface area contributed by atoms with E-state index in [-0.39, 0.29) is 11.9 Å². The number of nitrogens with zero attached hydrogens (tertiary/aromatic N) is 1. The van der Waals surface area contributed by atoms with Crippen LogP contribution in [-0.4, -0.2) is 43.8 Å². The number of amides is 1. The third-order valence-electron chi connectivity index (χ3n) is 5.73. The van der Waals surface area contributed by atoms with Crippen molar-refractivity contribution in [3.8, 4) is 23.0 Å². The Kier molecular flexibility index (Phi) is 5.64. The summed E-state index contributed by atoms with van der Waals surface area (Å²) >= 11 is 6.37. The second-order valence-corrected chi connectivity index (χ2v) is 8.21. The van der Waals surface area contributed by atoms with Crippen LogP contribution in [0.4, 0.5) is 0 Å². The van der Waals surface area contributed by atoms with E-state index in [0.717, 1.165) is 48.4 Å². The predicted molar refractivity (Wildman–Crippen MR) is 117 cm³/mol. The van der Waals surface area contributed by atoms with Crippen molar-refractivity contribution in [2.24, 2.45) is 0 Å². The monoisotopic (exact) mass is 441 g/mol. The normalized spacial score (nSPS) is 20.0. The molecule has 1 amide bonds. The zero-order valence-electron chi connectivity index (χ0n) is 17.1. The minimum Gasteiger partial charge on any atom is -0.489 e. The van der Waals surface area contributed by atoms with Gasteiger partial charge in [-0.1, -0.05) is 17.7 Å². The summed E-state index contributed by atoms with van der Waals surface area (Å²) < 4.78 is 22.7. The van der Waals surface area contributed by atoms with Crippen LogP contribution in [0, 0.1) is 0 Å². The quantitative estimate of drug-likeness (QED) is 0.649. The summed E-state index contributed by atoms with van der Waals surface area (Å²) in [5.41, 5.74) is 1.87. The molecule has 0 aromatic heterocycles. The van der Waals surface area contributed by atoms with Crippen LogP contribution in [-0.2, 0) is 4.79 Å². The number of hydrogen-bond donors (Lipinski definition) is 0. The van der Waals surface area contributed by atoms with Crippen molar-refractivity contribution in [1.29, 1.82) is 0 Å². The molecule has 2 aromatic carbocycles. The Bertz CT molecular complexity index is 1020. The first-order valence-electron chi connectivity index (χ1n) is 10.7. The lowest BCUT2D eigenvalue weighted by atomic mass is 10.0. The fourth-order valence-corrected chi connectivity index (χ4v) is 4.53. The minimum absolute atomic E-state index is 0.0272. The largest absolute Gasteiger partial charge is 0.489 e. The van der Waals surface area contributed by atoms with Crippen LogP contribution in [0.3, 0.4) is 0 Å². The molecular weight excluding hydrogens is 418 g/mol. The second-order valence-electron chi connectivity index (χ2n) is 7.81. The Morgan fingerprint density at radius 3 is 2.65 bits per heavy atom. The highest BCUT2D eigenvalue weighted by Gasteiger charge is 2.30. The molecule has 2 aromatic rings. The Morgan fingerprint density at radius 2 is 1.74 bits per heavy atom. The van der Waals surface area contributed by atoms with Crippen LogP contribution in [0.2, 0.25) is 5.02 Å². The van der Waals surface area contributed by atoms with Gasteiger partial charge in [-0.05, 0) is 54.3 Å². The van der Waals surface area contributed by atoms with Gasteiger partial charge in [-0.15, -0.1) is 0 Å². The van der Waals surface area contributed by atoms with E-state index < -0.39 is 0 Å². The second kappa shape index (κ2) is 8.71. The van der Waals surface area contributed by atoms with E-state index >= 15 is 0 Å². The first-order chi connectivity index (χ1) is 15.2. The SMILES string of the molecule is O=C(C=Cc1cc(Cl)c2c(c1)OCCCO2)N1CCCC1c1ccc2c(c1)OCCO2. The van der Waals surface area contributed by atoms with Crippen LogP contribution in [0.1, 0.15) is 36.4 Å². The summed E-state index contributed by atoms with van der Waals surface area (Å²) in [6.45, 7) is 3.00. The van der Waals surface area contributed by atoms with Gasteiger partial charge in [0.2, 0.25) is 5.91 Å². The molecule has 0 aliphatic carbocycles. The van der Waals surface area contributed by atoms with Crippen molar-refractivity contribution in [1.82, 2.24) is 4.90 Å². The summed E-state index contributed by atoms with van der Waals surface area (Å²) in [6.07, 6.45) is 6.09. The van der Waals surface area contributed by atoms with Crippen molar-refractivity contribution in [3.63, 3.8) is 0 Å². The van der Waals surface area contributed by atoms with Gasteiger partial charge < -0.3 is 23.8 Å². The zero-order valence-corrected chi connectivity index (χ0v) is 17.9. The van der Waals surface area contributed by atoms with Gasteiger partial charge >= 0.3 is 0 Å². The fourth-order valence-electron chi connectivity index (χ4n) is 4.25. The third kappa shape index (κ3) is 4.17. The maximum atomic E-state index is 13.0. The van der Waals surface area contributed by atoms with E-state index in [9.17, 15) is 4.79 Å². The topological polar surface area (TPSA) is 57.2 Å². The third-order valence-corrected chi connectivity index (χ3v) is 6.01. The molecule has 7 heteroatoms. The number of fused-ring (bicyclic) bond motifs is 2. The molecule has 31 heavy (non-hydrogen) atoms. The molecule has 0 spiro atoms. The molecule has 0 radical (unpaired) electrons. The highest BCUT2D eigenvalue weighted by molar-refractivity contribution is 6.32. The minimum atomic E-state index is -0.0272. The van der Waals surface area contributed by atoms with E-state index in [1.54, 1.807) is 18.2 Å². The predicted octanol–water partition coefficient (Wildman–Crippen LogP) is 4.65. The maximum Gasteiger partial charge on any atom is 0.247 e. The summed E-state index contributed by atoms with van der Waals surface area (Å²) in [5.74, 6) is 2.67. The highest BCUT2D eigenvalue weighted by Crippen LogP contribution is 2.39. The van der Waals surface area contributed by atoms with Crippen molar-refractivity contribution in [2.75, 3.05) is 33.0 Å². The van der Waals surface area contributed by atoms with Crippen LogP contribution < -0.4 is 18.9 Å². The molecule has 5 rings (SSSR count). The van der Waals surface area contributed by atoms with Gasteiger partial charge in [0.25, 0.3) is 0 Å². The Hall–Kier alpha value is -2.86. The number of ether oxygens (including phenoxy) is 4. The zero-order chi connectivity index (χ0) is 21.2. The maximum absolute atomic E-state index is 13.0. The molecule has 0 saturated carbocycles. The summed E-state index contributed by atoms with van der Waals surface area (Å²) in [4.78, 5) is 14.9. The fraction of sp³-hybridized carbons (Fsp3) is 0.375. The van der Waals surface area contributed by atoms with E-state index in [2.05, 4.69) is 0 Å². The van der Waals surface area contributed by atoms with Gasteiger partial charge in [-0.25, -0.2) is 0 Å². The molecule has 1 saturated heterocycles. The molecule has 3 aliphatic heterocycles. The Balaban J connectivity index is 1.33. The van der Waals surface area contributed by atoms with E-state index in [0.29, 0.717) is 42.9 Å². The molecule has 3 aliphatic rings. The molecular formula is C24H24ClNO5. The van der Waals surface area contributed by atoms with E-state index in [1.807, 2.05) is 29.2 Å². The standard InChI is InChI=1S/C24H24ClNO5/c25-18-13-16(14-22-24(18)31-10-2-9-28-22)4-7-23(27)26-8-1-3-19(26)17-5-6-20-21(15-17)30-12-11-29-20/h4-7,13-15,19H,1-3,8-12H2. The molecule has 1 fully saturated rings. The van der Waals surface area contributed by atoms with Crippen molar-refractivity contribution in [3.05, 3.63) is 52.6 Å².